The fourth-order valence-electron chi connectivity index (χ4n) is 1.88. The van der Waals surface area contributed by atoms with Gasteiger partial charge in [-0.1, -0.05) is 15.9 Å². The zero-order valence-electron chi connectivity index (χ0n) is 9.55. The smallest absolute Gasteiger partial charge is 0.223 e. The van der Waals surface area contributed by atoms with Crippen molar-refractivity contribution in [2.24, 2.45) is 0 Å². The number of alkyl halides is 1. The van der Waals surface area contributed by atoms with Crippen molar-refractivity contribution >= 4 is 27.7 Å². The molecule has 1 saturated heterocycles. The van der Waals surface area contributed by atoms with Gasteiger partial charge in [-0.25, -0.2) is 4.98 Å². The molecule has 0 radical (unpaired) electrons. The Labute approximate surface area is 109 Å². The van der Waals surface area contributed by atoms with Gasteiger partial charge in [0.1, 0.15) is 5.82 Å². The van der Waals surface area contributed by atoms with Crippen molar-refractivity contribution in [3.8, 4) is 0 Å². The monoisotopic (exact) mass is 298 g/mol. The Morgan fingerprint density at radius 3 is 2.65 bits per heavy atom. The second-order valence-corrected chi connectivity index (χ2v) is 4.66. The second-order valence-electron chi connectivity index (χ2n) is 3.87. The molecule has 0 saturated carbocycles. The fraction of sp³-hybridized carbons (Fsp3) is 0.545. The lowest BCUT2D eigenvalue weighted by molar-refractivity contribution is -0.131. The van der Waals surface area contributed by atoms with E-state index in [0.29, 0.717) is 6.42 Å². The number of hydrogen-bond donors (Lipinski definition) is 0. The van der Waals surface area contributed by atoms with Crippen LogP contribution in [0.25, 0.3) is 0 Å². The van der Waals surface area contributed by atoms with E-state index in [4.69, 9.17) is 0 Å². The van der Waals surface area contributed by atoms with Crippen molar-refractivity contribution in [1.29, 1.82) is 0 Å². The first-order valence-electron chi connectivity index (χ1n) is 5.66. The van der Waals surface area contributed by atoms with Gasteiger partial charge in [0.25, 0.3) is 0 Å². The molecule has 1 aliphatic heterocycles. The van der Waals surface area contributed by atoms with Crippen molar-refractivity contribution < 1.29 is 4.79 Å². The van der Waals surface area contributed by atoms with E-state index in [1.165, 1.54) is 0 Å². The third kappa shape index (κ3) is 3.15. The highest BCUT2D eigenvalue weighted by Crippen LogP contribution is 2.12. The first-order valence-corrected chi connectivity index (χ1v) is 6.78. The van der Waals surface area contributed by atoms with Crippen molar-refractivity contribution in [1.82, 2.24) is 14.9 Å². The number of carbonyl (C=O) groups excluding carboxylic acids is 1. The molecular formula is C11H15BrN4O. The third-order valence-corrected chi connectivity index (χ3v) is 3.21. The van der Waals surface area contributed by atoms with Gasteiger partial charge in [-0.2, -0.15) is 0 Å². The molecule has 0 unspecified atom stereocenters. The van der Waals surface area contributed by atoms with Crippen LogP contribution in [0.1, 0.15) is 6.42 Å². The van der Waals surface area contributed by atoms with Crippen LogP contribution in [0, 0.1) is 0 Å². The van der Waals surface area contributed by atoms with Gasteiger partial charge in [-0.05, 0) is 0 Å². The summed E-state index contributed by atoms with van der Waals surface area (Å²) in [5.41, 5.74) is 0. The first-order chi connectivity index (χ1) is 8.31. The summed E-state index contributed by atoms with van der Waals surface area (Å²) >= 11 is 3.29. The van der Waals surface area contributed by atoms with Crippen molar-refractivity contribution in [2.75, 3.05) is 36.4 Å². The van der Waals surface area contributed by atoms with E-state index in [-0.39, 0.29) is 5.91 Å². The summed E-state index contributed by atoms with van der Waals surface area (Å²) in [5.74, 6) is 1.11. The zero-order valence-corrected chi connectivity index (χ0v) is 11.1. The maximum absolute atomic E-state index is 11.7. The lowest BCUT2D eigenvalue weighted by Crippen LogP contribution is -2.49. The van der Waals surface area contributed by atoms with Gasteiger partial charge in [-0.3, -0.25) is 9.78 Å². The van der Waals surface area contributed by atoms with Crippen molar-refractivity contribution in [2.45, 2.75) is 6.42 Å². The molecule has 17 heavy (non-hydrogen) atoms. The summed E-state index contributed by atoms with van der Waals surface area (Å²) in [5, 5.41) is 0.732. The minimum Gasteiger partial charge on any atom is -0.352 e. The highest BCUT2D eigenvalue weighted by molar-refractivity contribution is 9.09. The van der Waals surface area contributed by atoms with Crippen molar-refractivity contribution in [3.63, 3.8) is 0 Å². The molecule has 0 spiro atoms. The van der Waals surface area contributed by atoms with E-state index in [1.807, 2.05) is 4.90 Å². The molecule has 6 heteroatoms. The Bertz CT molecular complexity index is 365. The quantitative estimate of drug-likeness (QED) is 0.779. The standard InChI is InChI=1S/C11H15BrN4O/c12-2-1-11(17)16-7-5-15(6-8-16)10-9-13-3-4-14-10/h3-4,9H,1-2,5-8H2. The Morgan fingerprint density at radius 2 is 2.06 bits per heavy atom. The molecule has 2 heterocycles. The van der Waals surface area contributed by atoms with Crippen LogP contribution in [-0.4, -0.2) is 52.3 Å². The lowest BCUT2D eigenvalue weighted by Gasteiger charge is -2.35. The van der Waals surface area contributed by atoms with Gasteiger partial charge in [0.2, 0.25) is 5.91 Å². The number of piperazine rings is 1. The molecule has 2 rings (SSSR count). The van der Waals surface area contributed by atoms with Crippen LogP contribution in [0.5, 0.6) is 0 Å². The Morgan fingerprint density at radius 1 is 1.29 bits per heavy atom. The maximum atomic E-state index is 11.7. The Kier molecular flexibility index (Phi) is 4.30. The normalized spacial score (nSPS) is 16.1. The summed E-state index contributed by atoms with van der Waals surface area (Å²) in [7, 11) is 0. The molecule has 92 valence electrons. The molecule has 0 atom stereocenters. The minimum absolute atomic E-state index is 0.223. The van der Waals surface area contributed by atoms with Crippen LogP contribution >= 0.6 is 15.9 Å². The van der Waals surface area contributed by atoms with Crippen LogP contribution in [-0.2, 0) is 4.79 Å². The van der Waals surface area contributed by atoms with Crippen LogP contribution < -0.4 is 4.90 Å². The first kappa shape index (κ1) is 12.3. The highest BCUT2D eigenvalue weighted by atomic mass is 79.9. The van der Waals surface area contributed by atoms with E-state index < -0.39 is 0 Å². The molecule has 0 aromatic carbocycles. The molecule has 5 nitrogen and oxygen atoms in total. The van der Waals surface area contributed by atoms with Gasteiger partial charge in [-0.15, -0.1) is 0 Å². The summed E-state index contributed by atoms with van der Waals surface area (Å²) in [4.78, 5) is 24.1. The van der Waals surface area contributed by atoms with Gasteiger partial charge < -0.3 is 9.80 Å². The number of halogens is 1. The molecule has 1 aromatic heterocycles. The number of anilines is 1. The third-order valence-electron chi connectivity index (χ3n) is 2.81. The molecule has 1 amide bonds. The number of amides is 1. The lowest BCUT2D eigenvalue weighted by atomic mass is 10.3. The average Bonchev–Trinajstić information content (AvgIpc) is 2.40. The van der Waals surface area contributed by atoms with Gasteiger partial charge >= 0.3 is 0 Å². The fourth-order valence-corrected chi connectivity index (χ4v) is 2.22. The number of rotatable bonds is 3. The number of hydrogen-bond acceptors (Lipinski definition) is 4. The molecule has 0 aliphatic carbocycles. The number of carbonyl (C=O) groups is 1. The second kappa shape index (κ2) is 5.95. The summed E-state index contributed by atoms with van der Waals surface area (Å²) < 4.78 is 0. The SMILES string of the molecule is O=C(CCBr)N1CCN(c2cnccn2)CC1. The van der Waals surface area contributed by atoms with E-state index >= 15 is 0 Å². The van der Waals surface area contributed by atoms with Gasteiger partial charge in [0, 0.05) is 50.3 Å². The minimum atomic E-state index is 0.223. The molecule has 0 bridgehead atoms. The molecule has 1 aromatic rings. The van der Waals surface area contributed by atoms with Crippen LogP contribution in [0.15, 0.2) is 18.6 Å². The highest BCUT2D eigenvalue weighted by Gasteiger charge is 2.21. The number of nitrogens with zero attached hydrogens (tertiary/aromatic N) is 4. The van der Waals surface area contributed by atoms with E-state index in [0.717, 1.165) is 37.3 Å². The summed E-state index contributed by atoms with van der Waals surface area (Å²) in [6, 6.07) is 0. The van der Waals surface area contributed by atoms with Gasteiger partial charge in [0.15, 0.2) is 0 Å². The van der Waals surface area contributed by atoms with E-state index in [1.54, 1.807) is 18.6 Å². The van der Waals surface area contributed by atoms with E-state index in [9.17, 15) is 4.79 Å². The van der Waals surface area contributed by atoms with Crippen LogP contribution in [0.2, 0.25) is 0 Å². The molecule has 1 fully saturated rings. The topological polar surface area (TPSA) is 49.3 Å². The summed E-state index contributed by atoms with van der Waals surface area (Å²) in [6.07, 6.45) is 5.69. The summed E-state index contributed by atoms with van der Waals surface area (Å²) in [6.45, 7) is 3.18. The largest absolute Gasteiger partial charge is 0.352 e. The Balaban J connectivity index is 1.88. The zero-order chi connectivity index (χ0) is 12.1. The number of aromatic nitrogens is 2. The molecule has 1 aliphatic rings. The maximum Gasteiger partial charge on any atom is 0.223 e. The molecular weight excluding hydrogens is 284 g/mol. The Hall–Kier alpha value is -1.17. The van der Waals surface area contributed by atoms with Crippen LogP contribution in [0.4, 0.5) is 5.82 Å². The average molecular weight is 299 g/mol. The predicted molar refractivity (Wildman–Crippen MR) is 69.2 cm³/mol. The van der Waals surface area contributed by atoms with Crippen molar-refractivity contribution in [3.05, 3.63) is 18.6 Å². The van der Waals surface area contributed by atoms with Gasteiger partial charge in [0.05, 0.1) is 6.20 Å². The predicted octanol–water partition coefficient (Wildman–Crippen LogP) is 0.910. The van der Waals surface area contributed by atoms with Crippen LogP contribution in [0.3, 0.4) is 0 Å². The van der Waals surface area contributed by atoms with E-state index in [2.05, 4.69) is 30.8 Å². The molecule has 0 N–H and O–H groups in total.